The van der Waals surface area contributed by atoms with Crippen molar-refractivity contribution in [3.63, 3.8) is 0 Å². The van der Waals surface area contributed by atoms with Crippen LogP contribution in [0.3, 0.4) is 0 Å². The fourth-order valence-corrected chi connectivity index (χ4v) is 2.69. The van der Waals surface area contributed by atoms with E-state index in [4.69, 9.17) is 0 Å². The maximum absolute atomic E-state index is 9.74. The van der Waals surface area contributed by atoms with Gasteiger partial charge in [-0.05, 0) is 44.5 Å². The SMILES string of the molecule is Cc1c(CNC(C)C)c2cc(O)ccc2n1C(C)C. The summed E-state index contributed by atoms with van der Waals surface area (Å²) in [5, 5.41) is 14.4. The average molecular weight is 260 g/mol. The fraction of sp³-hybridized carbons (Fsp3) is 0.500. The van der Waals surface area contributed by atoms with Crippen LogP contribution in [-0.4, -0.2) is 15.7 Å². The number of nitrogens with one attached hydrogen (secondary N) is 1. The van der Waals surface area contributed by atoms with Gasteiger partial charge in [-0.1, -0.05) is 13.8 Å². The summed E-state index contributed by atoms with van der Waals surface area (Å²) in [4.78, 5) is 0. The number of aromatic hydroxyl groups is 1. The highest BCUT2D eigenvalue weighted by molar-refractivity contribution is 5.87. The lowest BCUT2D eigenvalue weighted by Crippen LogP contribution is -2.22. The summed E-state index contributed by atoms with van der Waals surface area (Å²) in [7, 11) is 0. The van der Waals surface area contributed by atoms with Gasteiger partial charge in [0.05, 0.1) is 0 Å². The van der Waals surface area contributed by atoms with Crippen molar-refractivity contribution in [2.45, 2.75) is 53.2 Å². The van der Waals surface area contributed by atoms with E-state index in [0.717, 1.165) is 11.9 Å². The highest BCUT2D eigenvalue weighted by atomic mass is 16.3. The van der Waals surface area contributed by atoms with Gasteiger partial charge in [0.2, 0.25) is 0 Å². The molecule has 3 heteroatoms. The van der Waals surface area contributed by atoms with Crippen molar-refractivity contribution in [3.8, 4) is 5.75 Å². The van der Waals surface area contributed by atoms with Crippen LogP contribution in [0.1, 0.15) is 45.0 Å². The van der Waals surface area contributed by atoms with Crippen molar-refractivity contribution in [2.24, 2.45) is 0 Å². The lowest BCUT2D eigenvalue weighted by Gasteiger charge is -2.13. The number of nitrogens with zero attached hydrogens (tertiary/aromatic N) is 1. The Kier molecular flexibility index (Phi) is 3.85. The first-order valence-electron chi connectivity index (χ1n) is 6.97. The second kappa shape index (κ2) is 5.25. The summed E-state index contributed by atoms with van der Waals surface area (Å²) < 4.78 is 2.34. The Labute approximate surface area is 115 Å². The predicted molar refractivity (Wildman–Crippen MR) is 80.7 cm³/mol. The molecule has 0 radical (unpaired) electrons. The summed E-state index contributed by atoms with van der Waals surface area (Å²) in [6.07, 6.45) is 0. The molecule has 3 nitrogen and oxygen atoms in total. The summed E-state index contributed by atoms with van der Waals surface area (Å²) in [5.74, 6) is 0.333. The Hall–Kier alpha value is -1.48. The third-order valence-electron chi connectivity index (χ3n) is 3.57. The average Bonchev–Trinajstić information content (AvgIpc) is 2.58. The second-order valence-corrected chi connectivity index (χ2v) is 5.76. The smallest absolute Gasteiger partial charge is 0.116 e. The van der Waals surface area contributed by atoms with Crippen LogP contribution in [-0.2, 0) is 6.54 Å². The van der Waals surface area contributed by atoms with Gasteiger partial charge in [-0.25, -0.2) is 0 Å². The maximum Gasteiger partial charge on any atom is 0.116 e. The first-order chi connectivity index (χ1) is 8.91. The number of aromatic nitrogens is 1. The van der Waals surface area contributed by atoms with Gasteiger partial charge in [-0.15, -0.1) is 0 Å². The van der Waals surface area contributed by atoms with Crippen LogP contribution in [0.15, 0.2) is 18.2 Å². The molecule has 0 aliphatic rings. The van der Waals surface area contributed by atoms with Gasteiger partial charge >= 0.3 is 0 Å². The molecule has 0 aliphatic carbocycles. The Bertz CT molecular complexity index is 582. The molecule has 0 amide bonds. The number of phenols is 1. The minimum atomic E-state index is 0.333. The van der Waals surface area contributed by atoms with E-state index in [1.165, 1.54) is 16.8 Å². The van der Waals surface area contributed by atoms with Crippen molar-refractivity contribution < 1.29 is 5.11 Å². The molecule has 0 unspecified atom stereocenters. The van der Waals surface area contributed by atoms with Crippen LogP contribution < -0.4 is 5.32 Å². The predicted octanol–water partition coefficient (Wildman–Crippen LogP) is 3.73. The topological polar surface area (TPSA) is 37.2 Å². The summed E-state index contributed by atoms with van der Waals surface area (Å²) in [6, 6.07) is 6.52. The first kappa shape index (κ1) is 13.9. The number of fused-ring (bicyclic) bond motifs is 1. The molecule has 0 aliphatic heterocycles. The zero-order valence-corrected chi connectivity index (χ0v) is 12.5. The third-order valence-corrected chi connectivity index (χ3v) is 3.57. The van der Waals surface area contributed by atoms with Gasteiger partial charge in [0.25, 0.3) is 0 Å². The number of hydrogen-bond donors (Lipinski definition) is 2. The molecular weight excluding hydrogens is 236 g/mol. The zero-order chi connectivity index (χ0) is 14.2. The highest BCUT2D eigenvalue weighted by Gasteiger charge is 2.16. The van der Waals surface area contributed by atoms with Gasteiger partial charge in [0.1, 0.15) is 5.75 Å². The van der Waals surface area contributed by atoms with E-state index < -0.39 is 0 Å². The molecular formula is C16H24N2O. The molecule has 19 heavy (non-hydrogen) atoms. The third kappa shape index (κ3) is 2.61. The van der Waals surface area contributed by atoms with E-state index in [1.807, 2.05) is 12.1 Å². The maximum atomic E-state index is 9.74. The molecule has 104 valence electrons. The molecule has 2 N–H and O–H groups in total. The number of benzene rings is 1. The van der Waals surface area contributed by atoms with Crippen LogP contribution in [0, 0.1) is 6.92 Å². The van der Waals surface area contributed by atoms with Crippen LogP contribution in [0.2, 0.25) is 0 Å². The first-order valence-corrected chi connectivity index (χ1v) is 6.97. The Morgan fingerprint density at radius 3 is 2.47 bits per heavy atom. The number of phenolic OH excluding ortho intramolecular Hbond substituents is 1. The van der Waals surface area contributed by atoms with Gasteiger partial charge in [-0.3, -0.25) is 0 Å². The Morgan fingerprint density at radius 1 is 1.21 bits per heavy atom. The molecule has 1 aromatic heterocycles. The van der Waals surface area contributed by atoms with Crippen LogP contribution >= 0.6 is 0 Å². The lowest BCUT2D eigenvalue weighted by atomic mass is 10.1. The van der Waals surface area contributed by atoms with Gasteiger partial charge in [-0.2, -0.15) is 0 Å². The minimum Gasteiger partial charge on any atom is -0.508 e. The summed E-state index contributed by atoms with van der Waals surface area (Å²) in [6.45, 7) is 11.7. The molecule has 0 fully saturated rings. The molecule has 0 bridgehead atoms. The van der Waals surface area contributed by atoms with E-state index in [9.17, 15) is 5.11 Å². The van der Waals surface area contributed by atoms with Crippen molar-refractivity contribution in [2.75, 3.05) is 0 Å². The monoisotopic (exact) mass is 260 g/mol. The molecule has 0 atom stereocenters. The Morgan fingerprint density at radius 2 is 1.89 bits per heavy atom. The largest absolute Gasteiger partial charge is 0.508 e. The number of rotatable bonds is 4. The van der Waals surface area contributed by atoms with E-state index >= 15 is 0 Å². The van der Waals surface area contributed by atoms with E-state index in [0.29, 0.717) is 17.8 Å². The van der Waals surface area contributed by atoms with Crippen LogP contribution in [0.25, 0.3) is 10.9 Å². The molecule has 2 rings (SSSR count). The summed E-state index contributed by atoms with van der Waals surface area (Å²) in [5.41, 5.74) is 3.77. The lowest BCUT2D eigenvalue weighted by molar-refractivity contribution is 0.476. The van der Waals surface area contributed by atoms with Crippen molar-refractivity contribution >= 4 is 10.9 Å². The quantitative estimate of drug-likeness (QED) is 0.879. The zero-order valence-electron chi connectivity index (χ0n) is 12.5. The van der Waals surface area contributed by atoms with Crippen LogP contribution in [0.5, 0.6) is 5.75 Å². The minimum absolute atomic E-state index is 0.333. The van der Waals surface area contributed by atoms with Gasteiger partial charge in [0, 0.05) is 35.2 Å². The normalized spacial score (nSPS) is 11.9. The van der Waals surface area contributed by atoms with Crippen molar-refractivity contribution in [1.82, 2.24) is 9.88 Å². The second-order valence-electron chi connectivity index (χ2n) is 5.76. The number of hydrogen-bond acceptors (Lipinski definition) is 2. The van der Waals surface area contributed by atoms with Crippen molar-refractivity contribution in [3.05, 3.63) is 29.5 Å². The molecule has 0 spiro atoms. The van der Waals surface area contributed by atoms with E-state index in [1.54, 1.807) is 6.07 Å². The summed E-state index contributed by atoms with van der Waals surface area (Å²) >= 11 is 0. The standard InChI is InChI=1S/C16H24N2O/c1-10(2)17-9-15-12(5)18(11(3)4)16-7-6-13(19)8-14(15)16/h6-8,10-11,17,19H,9H2,1-5H3. The van der Waals surface area contributed by atoms with Crippen LogP contribution in [0.4, 0.5) is 0 Å². The molecule has 1 aromatic carbocycles. The van der Waals surface area contributed by atoms with E-state index in [-0.39, 0.29) is 0 Å². The van der Waals surface area contributed by atoms with E-state index in [2.05, 4.69) is 44.5 Å². The Balaban J connectivity index is 2.60. The van der Waals surface area contributed by atoms with Gasteiger partial charge in [0.15, 0.2) is 0 Å². The highest BCUT2D eigenvalue weighted by Crippen LogP contribution is 2.31. The fourth-order valence-electron chi connectivity index (χ4n) is 2.69. The molecule has 0 saturated heterocycles. The van der Waals surface area contributed by atoms with Crippen molar-refractivity contribution in [1.29, 1.82) is 0 Å². The molecule has 0 saturated carbocycles. The molecule has 1 heterocycles. The van der Waals surface area contributed by atoms with Gasteiger partial charge < -0.3 is 15.0 Å². The molecule has 2 aromatic rings.